The van der Waals surface area contributed by atoms with Gasteiger partial charge in [0.25, 0.3) is 0 Å². The highest BCUT2D eigenvalue weighted by atomic mass is 14.2. The first-order valence-corrected chi connectivity index (χ1v) is 10.8. The van der Waals surface area contributed by atoms with Gasteiger partial charge in [-0.3, -0.25) is 0 Å². The van der Waals surface area contributed by atoms with Crippen LogP contribution in [-0.2, 0) is 0 Å². The van der Waals surface area contributed by atoms with Gasteiger partial charge in [-0.05, 0) is 46.8 Å². The Morgan fingerprint density at radius 1 is 0.600 bits per heavy atom. The van der Waals surface area contributed by atoms with E-state index in [0.29, 0.717) is 16.2 Å². The van der Waals surface area contributed by atoms with Gasteiger partial charge >= 0.3 is 0 Å². The van der Waals surface area contributed by atoms with Gasteiger partial charge in [0.1, 0.15) is 0 Å². The average Bonchev–Trinajstić information content (AvgIpc) is 2.32. The van der Waals surface area contributed by atoms with Gasteiger partial charge in [0, 0.05) is 0 Å². The molecule has 1 atom stereocenters. The maximum Gasteiger partial charge on any atom is -0.0357 e. The van der Waals surface area contributed by atoms with Crippen molar-refractivity contribution in [2.75, 3.05) is 0 Å². The number of rotatable bonds is 4. The van der Waals surface area contributed by atoms with Crippen molar-refractivity contribution < 1.29 is 0 Å². The summed E-state index contributed by atoms with van der Waals surface area (Å²) >= 11 is 0. The summed E-state index contributed by atoms with van der Waals surface area (Å²) in [5, 5.41) is 0. The third-order valence-electron chi connectivity index (χ3n) is 4.58. The van der Waals surface area contributed by atoms with Crippen LogP contribution in [0.2, 0.25) is 0 Å². The zero-order valence-corrected chi connectivity index (χ0v) is 21.1. The largest absolute Gasteiger partial charge is 0.0651 e. The van der Waals surface area contributed by atoms with Crippen molar-refractivity contribution in [2.24, 2.45) is 34.0 Å². The van der Waals surface area contributed by atoms with Crippen molar-refractivity contribution in [1.82, 2.24) is 0 Å². The van der Waals surface area contributed by atoms with Gasteiger partial charge in [-0.2, -0.15) is 0 Å². The Labute approximate surface area is 164 Å². The summed E-state index contributed by atoms with van der Waals surface area (Å²) in [5.74, 6) is 2.56. The fraction of sp³-hybridized carbons (Fsp3) is 1.00. The molecule has 25 heavy (non-hydrogen) atoms. The first kappa shape index (κ1) is 29.8. The van der Waals surface area contributed by atoms with Crippen LogP contribution in [0, 0.1) is 34.0 Å². The van der Waals surface area contributed by atoms with E-state index in [-0.39, 0.29) is 0 Å². The molecule has 0 aliphatic carbocycles. The van der Waals surface area contributed by atoms with E-state index in [1.54, 1.807) is 0 Å². The van der Waals surface area contributed by atoms with E-state index in [2.05, 4.69) is 104 Å². The number of hydrogen-bond acceptors (Lipinski definition) is 0. The normalized spacial score (nSPS) is 13.8. The van der Waals surface area contributed by atoms with E-state index in [1.165, 1.54) is 25.7 Å². The zero-order chi connectivity index (χ0) is 21.1. The Balaban J connectivity index is -0.000000291. The first-order chi connectivity index (χ1) is 10.8. The van der Waals surface area contributed by atoms with Crippen LogP contribution in [0.25, 0.3) is 0 Å². The van der Waals surface area contributed by atoms with Crippen LogP contribution in [0.15, 0.2) is 0 Å². The maximum absolute atomic E-state index is 2.31. The molecule has 0 bridgehead atoms. The van der Waals surface area contributed by atoms with E-state index < -0.39 is 0 Å². The molecule has 0 aromatic heterocycles. The summed E-state index contributed by atoms with van der Waals surface area (Å²) in [7, 11) is 0. The lowest BCUT2D eigenvalue weighted by Crippen LogP contribution is -2.15. The van der Waals surface area contributed by atoms with Crippen LogP contribution in [0.4, 0.5) is 0 Å². The molecule has 0 radical (unpaired) electrons. The van der Waals surface area contributed by atoms with Crippen LogP contribution in [0.5, 0.6) is 0 Å². The minimum atomic E-state index is 0.509. The molecule has 0 heterocycles. The molecule has 0 heteroatoms. The van der Waals surface area contributed by atoms with Crippen molar-refractivity contribution in [3.05, 3.63) is 0 Å². The van der Waals surface area contributed by atoms with Crippen molar-refractivity contribution >= 4 is 0 Å². The van der Waals surface area contributed by atoms with Gasteiger partial charge in [-0.1, -0.05) is 117 Å². The van der Waals surface area contributed by atoms with Gasteiger partial charge in [0.05, 0.1) is 0 Å². The number of hydrogen-bond donors (Lipinski definition) is 0. The zero-order valence-electron chi connectivity index (χ0n) is 21.1. The molecular formula is C25H56. The molecule has 0 aromatic carbocycles. The predicted molar refractivity (Wildman–Crippen MR) is 121 cm³/mol. The molecule has 0 rings (SSSR count). The predicted octanol–water partition coefficient (Wildman–Crippen LogP) is 9.63. The van der Waals surface area contributed by atoms with Crippen molar-refractivity contribution in [1.29, 1.82) is 0 Å². The molecule has 0 amide bonds. The molecule has 0 aliphatic rings. The Kier molecular flexibility index (Phi) is 15.7. The summed E-state index contributed by atoms with van der Waals surface area (Å²) < 4.78 is 0. The molecule has 0 spiro atoms. The van der Waals surface area contributed by atoms with Crippen LogP contribution in [-0.4, -0.2) is 0 Å². The quantitative estimate of drug-likeness (QED) is 0.470. The average molecular weight is 357 g/mol. The molecule has 0 fully saturated rings. The van der Waals surface area contributed by atoms with Crippen LogP contribution in [0.1, 0.15) is 130 Å². The van der Waals surface area contributed by atoms with Crippen molar-refractivity contribution in [3.63, 3.8) is 0 Å². The standard InChI is InChI=1S/C9H20.2C8H18/c1-8(2)6-7-9(3,4)5;1-7(2)6-8(3,4)5;1-6-7(2)8(3,4)5/h8H,6-7H2,1-5H3;2*7H,6H2,1-5H3. The van der Waals surface area contributed by atoms with Crippen LogP contribution >= 0.6 is 0 Å². The molecule has 0 aromatic rings. The van der Waals surface area contributed by atoms with Gasteiger partial charge in [0.2, 0.25) is 0 Å². The summed E-state index contributed by atoms with van der Waals surface area (Å²) in [4.78, 5) is 0. The van der Waals surface area contributed by atoms with Gasteiger partial charge in [-0.25, -0.2) is 0 Å². The lowest BCUT2D eigenvalue weighted by Gasteiger charge is -2.25. The monoisotopic (exact) mass is 356 g/mol. The highest BCUT2D eigenvalue weighted by Crippen LogP contribution is 2.27. The molecule has 0 saturated heterocycles. The highest BCUT2D eigenvalue weighted by molar-refractivity contribution is 4.67. The summed E-state index contributed by atoms with van der Waals surface area (Å²) in [6.45, 7) is 34.3. The molecule has 156 valence electrons. The van der Waals surface area contributed by atoms with E-state index in [0.717, 1.165) is 17.8 Å². The van der Waals surface area contributed by atoms with Gasteiger partial charge < -0.3 is 0 Å². The minimum absolute atomic E-state index is 0.509. The second-order valence-corrected chi connectivity index (χ2v) is 12.3. The van der Waals surface area contributed by atoms with E-state index in [9.17, 15) is 0 Å². The third-order valence-corrected chi connectivity index (χ3v) is 4.58. The molecule has 0 nitrogen and oxygen atoms in total. The Hall–Kier alpha value is 0. The molecular weight excluding hydrogens is 300 g/mol. The highest BCUT2D eigenvalue weighted by Gasteiger charge is 2.17. The van der Waals surface area contributed by atoms with Crippen LogP contribution in [0.3, 0.4) is 0 Å². The summed E-state index contributed by atoms with van der Waals surface area (Å²) in [6, 6.07) is 0. The Bertz CT molecular complexity index is 275. The van der Waals surface area contributed by atoms with Gasteiger partial charge in [0.15, 0.2) is 0 Å². The van der Waals surface area contributed by atoms with Gasteiger partial charge in [-0.15, -0.1) is 0 Å². The lowest BCUT2D eigenvalue weighted by atomic mass is 9.81. The van der Waals surface area contributed by atoms with Crippen molar-refractivity contribution in [3.8, 4) is 0 Å². The Morgan fingerprint density at radius 2 is 1.00 bits per heavy atom. The SMILES string of the molecule is CC(C)CC(C)(C)C.CC(C)CCC(C)(C)C.CCC(C)C(C)(C)C. The molecule has 0 N–H and O–H groups in total. The molecule has 1 unspecified atom stereocenters. The fourth-order valence-electron chi connectivity index (χ4n) is 2.56. The lowest BCUT2D eigenvalue weighted by molar-refractivity contribution is 0.254. The maximum atomic E-state index is 2.31. The molecule has 0 aliphatic heterocycles. The Morgan fingerprint density at radius 3 is 1.04 bits per heavy atom. The molecule has 0 saturated carbocycles. The second-order valence-electron chi connectivity index (χ2n) is 12.3. The second kappa shape index (κ2) is 13.2. The fourth-order valence-corrected chi connectivity index (χ4v) is 2.56. The van der Waals surface area contributed by atoms with Crippen molar-refractivity contribution in [2.45, 2.75) is 130 Å². The van der Waals surface area contributed by atoms with E-state index >= 15 is 0 Å². The third kappa shape index (κ3) is 32.2. The van der Waals surface area contributed by atoms with E-state index in [1.807, 2.05) is 0 Å². The van der Waals surface area contributed by atoms with Crippen LogP contribution < -0.4 is 0 Å². The smallest absolute Gasteiger partial charge is 0.0357 e. The first-order valence-electron chi connectivity index (χ1n) is 10.8. The van der Waals surface area contributed by atoms with E-state index in [4.69, 9.17) is 0 Å². The topological polar surface area (TPSA) is 0 Å². The summed E-state index contributed by atoms with van der Waals surface area (Å²) in [6.07, 6.45) is 5.34. The minimum Gasteiger partial charge on any atom is -0.0651 e. The summed E-state index contributed by atoms with van der Waals surface area (Å²) in [5.41, 5.74) is 1.56.